The van der Waals surface area contributed by atoms with E-state index in [0.717, 1.165) is 53.6 Å². The molecule has 0 unspecified atom stereocenters. The van der Waals surface area contributed by atoms with E-state index in [-0.39, 0.29) is 11.9 Å². The number of sulfonamides is 1. The predicted molar refractivity (Wildman–Crippen MR) is 117 cm³/mol. The van der Waals surface area contributed by atoms with Crippen molar-refractivity contribution in [3.05, 3.63) is 42.0 Å². The molecule has 0 aliphatic carbocycles. The van der Waals surface area contributed by atoms with Gasteiger partial charge in [-0.25, -0.2) is 8.42 Å². The Morgan fingerprint density at radius 1 is 1.28 bits per heavy atom. The Morgan fingerprint density at radius 3 is 2.69 bits per heavy atom. The Hall–Kier alpha value is -2.54. The Bertz CT molecular complexity index is 1020. The summed E-state index contributed by atoms with van der Waals surface area (Å²) in [7, 11) is -3.36. The number of amides is 1. The first-order valence-corrected chi connectivity index (χ1v) is 11.8. The molecule has 1 heterocycles. The highest BCUT2D eigenvalue weighted by atomic mass is 32.2. The summed E-state index contributed by atoms with van der Waals surface area (Å²) in [5.74, 6) is 0.797. The monoisotopic (exact) mass is 416 g/mol. The minimum absolute atomic E-state index is 0.0204. The van der Waals surface area contributed by atoms with E-state index >= 15 is 0 Å². The smallest absolute Gasteiger partial charge is 0.229 e. The Labute approximate surface area is 172 Å². The fourth-order valence-electron chi connectivity index (χ4n) is 3.85. The van der Waals surface area contributed by atoms with E-state index in [1.807, 2.05) is 29.2 Å². The quantitative estimate of drug-likeness (QED) is 0.766. The zero-order valence-corrected chi connectivity index (χ0v) is 18.2. The first-order chi connectivity index (χ1) is 13.7. The van der Waals surface area contributed by atoms with Gasteiger partial charge in [-0.05, 0) is 56.0 Å². The molecule has 1 amide bonds. The molecular weight excluding hydrogens is 388 g/mol. The van der Waals surface area contributed by atoms with Gasteiger partial charge >= 0.3 is 0 Å². The summed E-state index contributed by atoms with van der Waals surface area (Å²) in [6.07, 6.45) is 3.69. The van der Waals surface area contributed by atoms with Crippen LogP contribution in [0.3, 0.4) is 0 Å². The number of fused-ring (bicyclic) bond motifs is 1. The standard InChI is InChI=1S/C22H28N2O4S/c1-5-13-28-22-19(17-7-6-8-18(14-17)23-29(4,26)27)11-12-21-20(22)10-9-15(2)24(21)16(3)25/h6-8,11-12,14-15,23H,5,9-10,13H2,1-4H3/t15-/m0/s1. The number of nitrogens with one attached hydrogen (secondary N) is 1. The number of benzene rings is 2. The summed E-state index contributed by atoms with van der Waals surface area (Å²) in [6, 6.07) is 11.3. The van der Waals surface area contributed by atoms with Crippen LogP contribution in [0.25, 0.3) is 11.1 Å². The number of rotatable bonds is 6. The van der Waals surface area contributed by atoms with Crippen LogP contribution in [-0.4, -0.2) is 33.2 Å². The summed E-state index contributed by atoms with van der Waals surface area (Å²) in [5.41, 5.74) is 4.19. The van der Waals surface area contributed by atoms with Crippen LogP contribution in [-0.2, 0) is 21.2 Å². The molecule has 7 heteroatoms. The van der Waals surface area contributed by atoms with Crippen LogP contribution in [0.1, 0.15) is 39.2 Å². The van der Waals surface area contributed by atoms with Crippen LogP contribution in [0.2, 0.25) is 0 Å². The topological polar surface area (TPSA) is 75.7 Å². The van der Waals surface area contributed by atoms with Crippen molar-refractivity contribution in [1.29, 1.82) is 0 Å². The lowest BCUT2D eigenvalue weighted by molar-refractivity contribution is -0.117. The van der Waals surface area contributed by atoms with E-state index in [2.05, 4.69) is 18.6 Å². The lowest BCUT2D eigenvalue weighted by Gasteiger charge is -2.36. The lowest BCUT2D eigenvalue weighted by Crippen LogP contribution is -2.40. The molecule has 0 bridgehead atoms. The largest absolute Gasteiger partial charge is 0.493 e. The fraction of sp³-hybridized carbons (Fsp3) is 0.409. The second-order valence-electron chi connectivity index (χ2n) is 7.52. The Morgan fingerprint density at radius 2 is 2.03 bits per heavy atom. The maximum Gasteiger partial charge on any atom is 0.229 e. The summed E-state index contributed by atoms with van der Waals surface area (Å²) in [4.78, 5) is 14.1. The number of anilines is 2. The van der Waals surface area contributed by atoms with Crippen molar-refractivity contribution in [3.8, 4) is 16.9 Å². The van der Waals surface area contributed by atoms with Crippen molar-refractivity contribution in [3.63, 3.8) is 0 Å². The molecule has 0 aromatic heterocycles. The van der Waals surface area contributed by atoms with Crippen molar-refractivity contribution in [2.75, 3.05) is 22.5 Å². The average Bonchev–Trinajstić information content (AvgIpc) is 2.64. The van der Waals surface area contributed by atoms with Crippen molar-refractivity contribution in [2.45, 2.75) is 46.1 Å². The minimum atomic E-state index is -3.36. The van der Waals surface area contributed by atoms with E-state index in [1.165, 1.54) is 0 Å². The first kappa shape index (κ1) is 21.2. The molecule has 0 saturated heterocycles. The molecule has 0 fully saturated rings. The van der Waals surface area contributed by atoms with Gasteiger partial charge in [-0.2, -0.15) is 0 Å². The van der Waals surface area contributed by atoms with Crippen LogP contribution < -0.4 is 14.4 Å². The summed E-state index contributed by atoms with van der Waals surface area (Å²) in [6.45, 7) is 6.27. The molecule has 29 heavy (non-hydrogen) atoms. The van der Waals surface area contributed by atoms with Gasteiger partial charge in [0.15, 0.2) is 0 Å². The highest BCUT2D eigenvalue weighted by Gasteiger charge is 2.29. The molecule has 1 N–H and O–H groups in total. The molecule has 1 aliphatic rings. The first-order valence-electron chi connectivity index (χ1n) is 9.88. The Kier molecular flexibility index (Phi) is 6.17. The summed E-state index contributed by atoms with van der Waals surface area (Å²) in [5, 5.41) is 0. The van der Waals surface area contributed by atoms with Crippen LogP contribution in [0.4, 0.5) is 11.4 Å². The predicted octanol–water partition coefficient (Wildman–Crippen LogP) is 4.20. The van der Waals surface area contributed by atoms with Gasteiger partial charge in [0, 0.05) is 29.8 Å². The minimum Gasteiger partial charge on any atom is -0.493 e. The molecule has 0 saturated carbocycles. The molecule has 1 aliphatic heterocycles. The van der Waals surface area contributed by atoms with Gasteiger partial charge in [0.2, 0.25) is 15.9 Å². The number of ether oxygens (including phenoxy) is 1. The molecule has 6 nitrogen and oxygen atoms in total. The van der Waals surface area contributed by atoms with Crippen molar-refractivity contribution in [2.24, 2.45) is 0 Å². The fourth-order valence-corrected chi connectivity index (χ4v) is 4.40. The normalized spacial score (nSPS) is 16.3. The van der Waals surface area contributed by atoms with Crippen LogP contribution in [0, 0.1) is 0 Å². The summed E-state index contributed by atoms with van der Waals surface area (Å²) >= 11 is 0. The van der Waals surface area contributed by atoms with Crippen molar-refractivity contribution < 1.29 is 17.9 Å². The SMILES string of the molecule is CCCOc1c(-c2cccc(NS(C)(=O)=O)c2)ccc2c1CC[C@H](C)N2C(C)=O. The van der Waals surface area contributed by atoms with Gasteiger partial charge in [-0.3, -0.25) is 9.52 Å². The van der Waals surface area contributed by atoms with E-state index in [1.54, 1.807) is 19.1 Å². The number of hydrogen-bond acceptors (Lipinski definition) is 4. The van der Waals surface area contributed by atoms with Gasteiger partial charge < -0.3 is 9.64 Å². The third-order valence-corrected chi connectivity index (χ3v) is 5.62. The third kappa shape index (κ3) is 4.72. The number of hydrogen-bond donors (Lipinski definition) is 1. The molecule has 1 atom stereocenters. The highest BCUT2D eigenvalue weighted by molar-refractivity contribution is 7.92. The second kappa shape index (κ2) is 8.45. The number of nitrogens with zero attached hydrogens (tertiary/aromatic N) is 1. The lowest BCUT2D eigenvalue weighted by atomic mass is 9.91. The zero-order valence-electron chi connectivity index (χ0n) is 17.4. The number of carbonyl (C=O) groups is 1. The van der Waals surface area contributed by atoms with Gasteiger partial charge in [0.05, 0.1) is 18.6 Å². The van der Waals surface area contributed by atoms with Crippen LogP contribution >= 0.6 is 0 Å². The molecule has 2 aromatic carbocycles. The molecule has 0 spiro atoms. The van der Waals surface area contributed by atoms with Gasteiger partial charge in [-0.1, -0.05) is 19.1 Å². The van der Waals surface area contributed by atoms with Crippen molar-refractivity contribution in [1.82, 2.24) is 0 Å². The zero-order chi connectivity index (χ0) is 21.2. The van der Waals surface area contributed by atoms with Crippen LogP contribution in [0.15, 0.2) is 36.4 Å². The molecule has 3 rings (SSSR count). The second-order valence-corrected chi connectivity index (χ2v) is 9.27. The Balaban J connectivity index is 2.13. The summed E-state index contributed by atoms with van der Waals surface area (Å²) < 4.78 is 31.9. The van der Waals surface area contributed by atoms with E-state index in [4.69, 9.17) is 4.74 Å². The van der Waals surface area contributed by atoms with E-state index < -0.39 is 10.0 Å². The number of carbonyl (C=O) groups excluding carboxylic acids is 1. The van der Waals surface area contributed by atoms with E-state index in [9.17, 15) is 13.2 Å². The van der Waals surface area contributed by atoms with Crippen molar-refractivity contribution >= 4 is 27.3 Å². The van der Waals surface area contributed by atoms with Gasteiger partial charge in [0.1, 0.15) is 5.75 Å². The van der Waals surface area contributed by atoms with Crippen LogP contribution in [0.5, 0.6) is 5.75 Å². The maximum absolute atomic E-state index is 12.2. The van der Waals surface area contributed by atoms with Gasteiger partial charge in [0.25, 0.3) is 0 Å². The van der Waals surface area contributed by atoms with Gasteiger partial charge in [-0.15, -0.1) is 0 Å². The molecular formula is C22H28N2O4S. The maximum atomic E-state index is 12.2. The molecule has 2 aromatic rings. The highest BCUT2D eigenvalue weighted by Crippen LogP contribution is 2.43. The molecule has 156 valence electrons. The molecule has 0 radical (unpaired) electrons. The van der Waals surface area contributed by atoms with E-state index in [0.29, 0.717) is 12.3 Å². The average molecular weight is 417 g/mol. The third-order valence-electron chi connectivity index (χ3n) is 5.01.